The predicted molar refractivity (Wildman–Crippen MR) is 71.0 cm³/mol. The van der Waals surface area contributed by atoms with Crippen molar-refractivity contribution in [2.75, 3.05) is 5.32 Å². The van der Waals surface area contributed by atoms with Gasteiger partial charge in [0, 0.05) is 16.4 Å². The molecule has 0 amide bonds. The van der Waals surface area contributed by atoms with Gasteiger partial charge in [0.05, 0.1) is 0 Å². The summed E-state index contributed by atoms with van der Waals surface area (Å²) in [4.78, 5) is 0. The fourth-order valence-corrected chi connectivity index (χ4v) is 1.56. The minimum atomic E-state index is -1.43. The molecule has 0 aliphatic heterocycles. The Morgan fingerprint density at radius 3 is 1.76 bits per heavy atom. The van der Waals surface area contributed by atoms with Crippen LogP contribution < -0.4 is 10.8 Å². The molecule has 0 saturated heterocycles. The van der Waals surface area contributed by atoms with Gasteiger partial charge in [-0.2, -0.15) is 0 Å². The molecule has 0 atom stereocenters. The van der Waals surface area contributed by atoms with Crippen molar-refractivity contribution in [2.24, 2.45) is 0 Å². The first-order valence-corrected chi connectivity index (χ1v) is 5.51. The molecule has 3 nitrogen and oxygen atoms in total. The minimum absolute atomic E-state index is 0.464. The number of rotatable bonds is 3. The van der Waals surface area contributed by atoms with E-state index in [4.69, 9.17) is 21.6 Å². The van der Waals surface area contributed by atoms with Crippen molar-refractivity contribution < 1.29 is 10.0 Å². The molecule has 0 bridgehead atoms. The van der Waals surface area contributed by atoms with Gasteiger partial charge in [0.15, 0.2) is 0 Å². The van der Waals surface area contributed by atoms with E-state index in [1.54, 1.807) is 36.4 Å². The molecule has 2 rings (SSSR count). The van der Waals surface area contributed by atoms with Gasteiger partial charge in [-0.3, -0.25) is 0 Å². The summed E-state index contributed by atoms with van der Waals surface area (Å²) in [6.07, 6.45) is 0. The minimum Gasteiger partial charge on any atom is -0.423 e. The third-order valence-electron chi connectivity index (χ3n) is 2.34. The quantitative estimate of drug-likeness (QED) is 0.725. The molecule has 0 heterocycles. The van der Waals surface area contributed by atoms with Gasteiger partial charge in [0.1, 0.15) is 0 Å². The Morgan fingerprint density at radius 1 is 0.824 bits per heavy atom. The molecule has 2 aromatic carbocycles. The molecule has 0 saturated carbocycles. The van der Waals surface area contributed by atoms with Crippen LogP contribution in [-0.4, -0.2) is 17.2 Å². The molecule has 0 radical (unpaired) electrons. The van der Waals surface area contributed by atoms with Crippen molar-refractivity contribution in [1.29, 1.82) is 0 Å². The molecule has 17 heavy (non-hydrogen) atoms. The normalized spacial score (nSPS) is 10.1. The lowest BCUT2D eigenvalue weighted by Gasteiger charge is -2.07. The van der Waals surface area contributed by atoms with E-state index >= 15 is 0 Å². The monoisotopic (exact) mass is 247 g/mol. The van der Waals surface area contributed by atoms with Crippen molar-refractivity contribution >= 4 is 35.6 Å². The number of anilines is 2. The Hall–Kier alpha value is -1.49. The molecule has 0 aromatic heterocycles. The van der Waals surface area contributed by atoms with Crippen LogP contribution in [0.5, 0.6) is 0 Å². The fourth-order valence-electron chi connectivity index (χ4n) is 1.44. The molecule has 0 fully saturated rings. The first-order chi connectivity index (χ1) is 8.15. The Balaban J connectivity index is 2.11. The summed E-state index contributed by atoms with van der Waals surface area (Å²) in [5.41, 5.74) is 2.26. The van der Waals surface area contributed by atoms with E-state index in [0.717, 1.165) is 11.4 Å². The van der Waals surface area contributed by atoms with Crippen LogP contribution in [0.1, 0.15) is 0 Å². The van der Waals surface area contributed by atoms with Gasteiger partial charge in [-0.1, -0.05) is 23.7 Å². The maximum Gasteiger partial charge on any atom is 0.488 e. The lowest BCUT2D eigenvalue weighted by Crippen LogP contribution is -2.29. The van der Waals surface area contributed by atoms with E-state index in [-0.39, 0.29) is 0 Å². The molecule has 5 heteroatoms. The van der Waals surface area contributed by atoms with Crippen molar-refractivity contribution in [3.8, 4) is 0 Å². The molecule has 86 valence electrons. The predicted octanol–water partition coefficient (Wildman–Crippen LogP) is 1.76. The van der Waals surface area contributed by atoms with Crippen molar-refractivity contribution in [3.63, 3.8) is 0 Å². The van der Waals surface area contributed by atoms with E-state index in [9.17, 15) is 0 Å². The fraction of sp³-hybridized carbons (Fsp3) is 0. The topological polar surface area (TPSA) is 52.5 Å². The highest BCUT2D eigenvalue weighted by molar-refractivity contribution is 6.58. The number of nitrogens with one attached hydrogen (secondary N) is 1. The zero-order valence-corrected chi connectivity index (χ0v) is 9.72. The average molecular weight is 247 g/mol. The van der Waals surface area contributed by atoms with Crippen molar-refractivity contribution in [1.82, 2.24) is 0 Å². The van der Waals surface area contributed by atoms with Crippen molar-refractivity contribution in [3.05, 3.63) is 53.6 Å². The molecule has 0 aliphatic rings. The van der Waals surface area contributed by atoms with E-state index in [1.165, 1.54) is 0 Å². The van der Waals surface area contributed by atoms with E-state index in [1.807, 2.05) is 12.1 Å². The third-order valence-corrected chi connectivity index (χ3v) is 2.59. The molecule has 0 unspecified atom stereocenters. The third kappa shape index (κ3) is 3.23. The summed E-state index contributed by atoms with van der Waals surface area (Å²) < 4.78 is 0. The van der Waals surface area contributed by atoms with E-state index in [2.05, 4.69) is 5.32 Å². The SMILES string of the molecule is OB(O)c1ccc(Nc2ccc(Cl)cc2)cc1. The molecule has 2 aromatic rings. The number of hydrogen-bond acceptors (Lipinski definition) is 3. The van der Waals surface area contributed by atoms with Crippen LogP contribution in [-0.2, 0) is 0 Å². The summed E-state index contributed by atoms with van der Waals surface area (Å²) in [5, 5.41) is 21.8. The number of benzene rings is 2. The first kappa shape index (κ1) is 12.0. The van der Waals surface area contributed by atoms with Crippen LogP contribution >= 0.6 is 11.6 Å². The molecular weight excluding hydrogens is 236 g/mol. The Kier molecular flexibility index (Phi) is 3.69. The van der Waals surface area contributed by atoms with Crippen LogP contribution in [0.4, 0.5) is 11.4 Å². The summed E-state index contributed by atoms with van der Waals surface area (Å²) in [6.45, 7) is 0. The Morgan fingerprint density at radius 2 is 1.29 bits per heavy atom. The van der Waals surface area contributed by atoms with Gasteiger partial charge in [0.25, 0.3) is 0 Å². The average Bonchev–Trinajstić information content (AvgIpc) is 2.33. The molecule has 0 aliphatic carbocycles. The second kappa shape index (κ2) is 5.23. The van der Waals surface area contributed by atoms with Crippen LogP contribution in [0.2, 0.25) is 5.02 Å². The van der Waals surface area contributed by atoms with E-state index < -0.39 is 7.12 Å². The lowest BCUT2D eigenvalue weighted by molar-refractivity contribution is 0.426. The van der Waals surface area contributed by atoms with Gasteiger partial charge in [-0.15, -0.1) is 0 Å². The summed E-state index contributed by atoms with van der Waals surface area (Å²) >= 11 is 5.79. The number of hydrogen-bond donors (Lipinski definition) is 3. The highest BCUT2D eigenvalue weighted by Crippen LogP contribution is 2.18. The summed E-state index contributed by atoms with van der Waals surface area (Å²) in [6, 6.07) is 14.2. The largest absolute Gasteiger partial charge is 0.488 e. The molecular formula is C12H11BClNO2. The second-order valence-corrected chi connectivity index (χ2v) is 4.06. The van der Waals surface area contributed by atoms with Crippen molar-refractivity contribution in [2.45, 2.75) is 0 Å². The zero-order chi connectivity index (χ0) is 12.3. The van der Waals surface area contributed by atoms with Gasteiger partial charge < -0.3 is 15.4 Å². The van der Waals surface area contributed by atoms with Crippen LogP contribution in [0, 0.1) is 0 Å². The van der Waals surface area contributed by atoms with Crippen LogP contribution in [0.15, 0.2) is 48.5 Å². The Bertz CT molecular complexity index is 485. The van der Waals surface area contributed by atoms with Crippen LogP contribution in [0.3, 0.4) is 0 Å². The zero-order valence-electron chi connectivity index (χ0n) is 8.97. The number of halogens is 1. The van der Waals surface area contributed by atoms with E-state index in [0.29, 0.717) is 10.5 Å². The Labute approximate surface area is 105 Å². The summed E-state index contributed by atoms with van der Waals surface area (Å²) in [5.74, 6) is 0. The van der Waals surface area contributed by atoms with Crippen LogP contribution in [0.25, 0.3) is 0 Å². The first-order valence-electron chi connectivity index (χ1n) is 5.14. The van der Waals surface area contributed by atoms with Gasteiger partial charge >= 0.3 is 7.12 Å². The lowest BCUT2D eigenvalue weighted by atomic mass is 9.80. The highest BCUT2D eigenvalue weighted by atomic mass is 35.5. The molecule has 3 N–H and O–H groups in total. The maximum absolute atomic E-state index is 8.96. The highest BCUT2D eigenvalue weighted by Gasteiger charge is 2.09. The smallest absolute Gasteiger partial charge is 0.423 e. The summed E-state index contributed by atoms with van der Waals surface area (Å²) in [7, 11) is -1.43. The standard InChI is InChI=1S/C12H11BClNO2/c14-10-3-7-12(8-4-10)15-11-5-1-9(2-6-11)13(16)17/h1-8,15-17H. The maximum atomic E-state index is 8.96. The van der Waals surface area contributed by atoms with Gasteiger partial charge in [0.2, 0.25) is 0 Å². The second-order valence-electron chi connectivity index (χ2n) is 3.63. The molecule has 0 spiro atoms. The van der Waals surface area contributed by atoms with Gasteiger partial charge in [-0.05, 0) is 41.9 Å². The van der Waals surface area contributed by atoms with Gasteiger partial charge in [-0.25, -0.2) is 0 Å².